The zero-order valence-electron chi connectivity index (χ0n) is 19.8. The van der Waals surface area contributed by atoms with Crippen LogP contribution in [-0.2, 0) is 17.8 Å². The van der Waals surface area contributed by atoms with Gasteiger partial charge in [0.25, 0.3) is 0 Å². The summed E-state index contributed by atoms with van der Waals surface area (Å²) in [5, 5.41) is 0. The summed E-state index contributed by atoms with van der Waals surface area (Å²) in [5.41, 5.74) is 3.33. The minimum absolute atomic E-state index is 0.141. The van der Waals surface area contributed by atoms with E-state index in [1.54, 1.807) is 0 Å². The van der Waals surface area contributed by atoms with Crippen molar-refractivity contribution in [3.63, 3.8) is 0 Å². The van der Waals surface area contributed by atoms with Crippen LogP contribution in [0.25, 0.3) is 11.0 Å². The molecule has 1 aromatic heterocycles. The number of hydrogen-bond donors (Lipinski definition) is 0. The van der Waals surface area contributed by atoms with Crippen LogP contribution in [0.1, 0.15) is 64.3 Å². The largest absolute Gasteiger partial charge is 0.494 e. The third kappa shape index (κ3) is 4.82. The Morgan fingerprint density at radius 2 is 1.81 bits per heavy atom. The molecule has 0 bridgehead atoms. The van der Waals surface area contributed by atoms with Gasteiger partial charge in [0.2, 0.25) is 5.91 Å². The molecule has 1 aliphatic heterocycles. The normalized spacial score (nSPS) is 16.8. The van der Waals surface area contributed by atoms with Crippen LogP contribution in [0, 0.1) is 0 Å². The van der Waals surface area contributed by atoms with Crippen molar-refractivity contribution >= 4 is 16.9 Å². The summed E-state index contributed by atoms with van der Waals surface area (Å²) in [4.78, 5) is 19.6. The Balaban J connectivity index is 1.42. The maximum atomic E-state index is 12.7. The van der Waals surface area contributed by atoms with Gasteiger partial charge in [-0.2, -0.15) is 0 Å². The van der Waals surface area contributed by atoms with Crippen LogP contribution in [-0.4, -0.2) is 39.0 Å². The summed E-state index contributed by atoms with van der Waals surface area (Å²) in [6.45, 7) is 10.8. The van der Waals surface area contributed by atoms with Crippen LogP contribution in [0.4, 0.5) is 0 Å². The van der Waals surface area contributed by atoms with Crippen molar-refractivity contribution in [2.24, 2.45) is 0 Å². The lowest BCUT2D eigenvalue weighted by atomic mass is 10.1. The van der Waals surface area contributed by atoms with Crippen molar-refractivity contribution in [2.75, 3.05) is 13.2 Å². The number of rotatable bonds is 8. The Labute approximate surface area is 191 Å². The molecule has 1 saturated heterocycles. The molecule has 1 aliphatic rings. The summed E-state index contributed by atoms with van der Waals surface area (Å²) >= 11 is 0. The Kier molecular flexibility index (Phi) is 6.54. The van der Waals surface area contributed by atoms with Crippen LogP contribution in [0.3, 0.4) is 0 Å². The quantitative estimate of drug-likeness (QED) is 0.436. The van der Waals surface area contributed by atoms with Gasteiger partial charge in [-0.25, -0.2) is 4.98 Å². The number of fused-ring (bicyclic) bond motifs is 1. The fraction of sp³-hybridized carbons (Fsp3) is 0.481. The summed E-state index contributed by atoms with van der Waals surface area (Å²) < 4.78 is 8.26. The van der Waals surface area contributed by atoms with Crippen molar-refractivity contribution in [3.8, 4) is 5.75 Å². The molecule has 4 rings (SSSR count). The maximum absolute atomic E-state index is 12.7. The fourth-order valence-corrected chi connectivity index (χ4v) is 4.55. The molecular formula is C27H35N3O2. The first-order valence-corrected chi connectivity index (χ1v) is 11.8. The lowest BCUT2D eigenvalue weighted by molar-refractivity contribution is -0.131. The maximum Gasteiger partial charge on any atom is 0.223 e. The third-order valence-electron chi connectivity index (χ3n) is 6.36. The van der Waals surface area contributed by atoms with Gasteiger partial charge in [0, 0.05) is 31.0 Å². The van der Waals surface area contributed by atoms with Gasteiger partial charge in [0.1, 0.15) is 11.6 Å². The topological polar surface area (TPSA) is 47.4 Å². The van der Waals surface area contributed by atoms with E-state index in [0.29, 0.717) is 13.0 Å². The first-order valence-electron chi connectivity index (χ1n) is 11.8. The standard InChI is InChI=1S/C27H35N3O2/c1-5-20-12-14-22(15-13-20)32-17-9-8-16-29-24-11-7-6-10-23(24)28-26(29)21-18-25(31)30(19-21)27(2,3)4/h6-7,10-15,21H,5,8-9,16-19H2,1-4H3. The van der Waals surface area contributed by atoms with Gasteiger partial charge in [0.05, 0.1) is 17.6 Å². The number of unbranched alkanes of at least 4 members (excludes halogenated alkanes) is 1. The second-order valence-electron chi connectivity index (χ2n) is 9.74. The predicted molar refractivity (Wildman–Crippen MR) is 129 cm³/mol. The average Bonchev–Trinajstić information content (AvgIpc) is 3.34. The first kappa shape index (κ1) is 22.4. The van der Waals surface area contributed by atoms with E-state index in [0.717, 1.165) is 55.0 Å². The average molecular weight is 434 g/mol. The molecule has 0 radical (unpaired) electrons. The van der Waals surface area contributed by atoms with E-state index in [-0.39, 0.29) is 17.4 Å². The molecule has 1 fully saturated rings. The monoisotopic (exact) mass is 433 g/mol. The molecular weight excluding hydrogens is 398 g/mol. The molecule has 1 atom stereocenters. The summed E-state index contributed by atoms with van der Waals surface area (Å²) in [7, 11) is 0. The Morgan fingerprint density at radius 3 is 2.50 bits per heavy atom. The van der Waals surface area contributed by atoms with E-state index in [1.807, 2.05) is 11.0 Å². The smallest absolute Gasteiger partial charge is 0.223 e. The van der Waals surface area contributed by atoms with E-state index in [4.69, 9.17) is 9.72 Å². The minimum atomic E-state index is -0.157. The van der Waals surface area contributed by atoms with E-state index >= 15 is 0 Å². The van der Waals surface area contributed by atoms with Crippen LogP contribution >= 0.6 is 0 Å². The SMILES string of the molecule is CCc1ccc(OCCCCn2c(C3CC(=O)N(C(C)(C)C)C3)nc3ccccc32)cc1. The molecule has 3 aromatic rings. The zero-order valence-corrected chi connectivity index (χ0v) is 19.8. The number of aromatic nitrogens is 2. The van der Waals surface area contributed by atoms with Crippen molar-refractivity contribution in [1.29, 1.82) is 0 Å². The van der Waals surface area contributed by atoms with E-state index in [2.05, 4.69) is 74.7 Å². The number of benzene rings is 2. The lowest BCUT2D eigenvalue weighted by Crippen LogP contribution is -2.42. The van der Waals surface area contributed by atoms with Gasteiger partial charge in [-0.1, -0.05) is 31.2 Å². The highest BCUT2D eigenvalue weighted by Gasteiger charge is 2.38. The summed E-state index contributed by atoms with van der Waals surface area (Å²) in [6.07, 6.45) is 3.56. The molecule has 0 N–H and O–H groups in total. The Morgan fingerprint density at radius 1 is 1.06 bits per heavy atom. The van der Waals surface area contributed by atoms with Crippen molar-refractivity contribution in [3.05, 3.63) is 59.9 Å². The number of amides is 1. The van der Waals surface area contributed by atoms with Crippen LogP contribution in [0.15, 0.2) is 48.5 Å². The minimum Gasteiger partial charge on any atom is -0.494 e. The van der Waals surface area contributed by atoms with Gasteiger partial charge in [0.15, 0.2) is 0 Å². The van der Waals surface area contributed by atoms with Crippen molar-refractivity contribution in [1.82, 2.24) is 14.5 Å². The molecule has 2 aromatic carbocycles. The molecule has 1 unspecified atom stereocenters. The Hall–Kier alpha value is -2.82. The second-order valence-corrected chi connectivity index (χ2v) is 9.74. The summed E-state index contributed by atoms with van der Waals surface area (Å²) in [6, 6.07) is 16.7. The number of hydrogen-bond acceptors (Lipinski definition) is 3. The molecule has 170 valence electrons. The van der Waals surface area contributed by atoms with E-state index < -0.39 is 0 Å². The molecule has 32 heavy (non-hydrogen) atoms. The van der Waals surface area contributed by atoms with Crippen molar-refractivity contribution < 1.29 is 9.53 Å². The number of carbonyl (C=O) groups excluding carboxylic acids is 1. The van der Waals surface area contributed by atoms with E-state index in [9.17, 15) is 4.79 Å². The van der Waals surface area contributed by atoms with Gasteiger partial charge >= 0.3 is 0 Å². The molecule has 0 aliphatic carbocycles. The van der Waals surface area contributed by atoms with E-state index in [1.165, 1.54) is 5.56 Å². The number of carbonyl (C=O) groups is 1. The number of nitrogens with zero attached hydrogens (tertiary/aromatic N) is 3. The molecule has 2 heterocycles. The van der Waals surface area contributed by atoms with Crippen LogP contribution < -0.4 is 4.74 Å². The number of ether oxygens (including phenoxy) is 1. The van der Waals surface area contributed by atoms with Gasteiger partial charge in [-0.05, 0) is 69.9 Å². The number of aryl methyl sites for hydroxylation is 2. The predicted octanol–water partition coefficient (Wildman–Crippen LogP) is 5.57. The zero-order chi connectivity index (χ0) is 22.7. The lowest BCUT2D eigenvalue weighted by Gasteiger charge is -2.32. The van der Waals surface area contributed by atoms with Crippen LogP contribution in [0.5, 0.6) is 5.75 Å². The number of likely N-dealkylation sites (tertiary alicyclic amines) is 1. The Bertz CT molecular complexity index is 1060. The molecule has 0 saturated carbocycles. The van der Waals surface area contributed by atoms with Crippen molar-refractivity contribution in [2.45, 2.75) is 71.4 Å². The summed E-state index contributed by atoms with van der Waals surface area (Å²) in [5.74, 6) is 2.34. The highest BCUT2D eigenvalue weighted by molar-refractivity contribution is 5.81. The number of imidazole rings is 1. The molecule has 5 nitrogen and oxygen atoms in total. The second kappa shape index (κ2) is 9.35. The van der Waals surface area contributed by atoms with Gasteiger partial charge in [-0.15, -0.1) is 0 Å². The van der Waals surface area contributed by atoms with Crippen LogP contribution in [0.2, 0.25) is 0 Å². The third-order valence-corrected chi connectivity index (χ3v) is 6.36. The first-order chi connectivity index (χ1) is 15.4. The van der Waals surface area contributed by atoms with Gasteiger partial charge < -0.3 is 14.2 Å². The highest BCUT2D eigenvalue weighted by Crippen LogP contribution is 2.34. The van der Waals surface area contributed by atoms with Gasteiger partial charge in [-0.3, -0.25) is 4.79 Å². The number of para-hydroxylation sites is 2. The molecule has 5 heteroatoms. The molecule has 0 spiro atoms. The fourth-order valence-electron chi connectivity index (χ4n) is 4.55. The molecule has 1 amide bonds. The highest BCUT2D eigenvalue weighted by atomic mass is 16.5.